The van der Waals surface area contributed by atoms with E-state index in [0.29, 0.717) is 6.61 Å². The molecule has 0 bridgehead atoms. The van der Waals surface area contributed by atoms with Gasteiger partial charge < -0.3 is 14.8 Å². The molecule has 0 radical (unpaired) electrons. The predicted octanol–water partition coefficient (Wildman–Crippen LogP) is 2.91. The Kier molecular flexibility index (Phi) is 4.34. The molecular weight excluding hydrogens is 262 g/mol. The molecule has 1 aliphatic heterocycles. The molecule has 3 nitrogen and oxygen atoms in total. The maximum Gasteiger partial charge on any atom is 0.222 e. The molecule has 2 aromatic carbocycles. The second-order valence-corrected chi connectivity index (χ2v) is 5.21. The lowest BCUT2D eigenvalue weighted by Gasteiger charge is -2.29. The van der Waals surface area contributed by atoms with E-state index in [-0.39, 0.29) is 6.10 Å². The monoisotopic (exact) mass is 283 g/mol. The zero-order valence-electron chi connectivity index (χ0n) is 12.3. The largest absolute Gasteiger partial charge is 0.339 e. The van der Waals surface area contributed by atoms with Crippen molar-refractivity contribution in [3.05, 3.63) is 71.8 Å². The summed E-state index contributed by atoms with van der Waals surface area (Å²) < 4.78 is 12.5. The van der Waals surface area contributed by atoms with Crippen LogP contribution in [0.15, 0.2) is 60.7 Å². The Balaban J connectivity index is 1.94. The summed E-state index contributed by atoms with van der Waals surface area (Å²) in [6, 6.07) is 20.3. The van der Waals surface area contributed by atoms with E-state index >= 15 is 0 Å². The minimum Gasteiger partial charge on any atom is -0.339 e. The molecule has 0 spiro atoms. The number of benzene rings is 2. The lowest BCUT2D eigenvalue weighted by atomic mass is 9.97. The molecule has 3 rings (SSSR count). The first-order valence-corrected chi connectivity index (χ1v) is 7.48. The Hall–Kier alpha value is -1.68. The smallest absolute Gasteiger partial charge is 0.222 e. The molecule has 2 aromatic rings. The number of ether oxygens (including phenoxy) is 2. The fraction of sp³-hybridized carbons (Fsp3) is 0.333. The SMILES string of the molecule is CCNCC1COC(c2ccccc2)(c2ccccc2)O1. The van der Waals surface area contributed by atoms with Crippen LogP contribution in [0.5, 0.6) is 0 Å². The van der Waals surface area contributed by atoms with Crippen LogP contribution in [0.3, 0.4) is 0 Å². The molecule has 1 saturated heterocycles. The normalized spacial score (nSPS) is 20.5. The van der Waals surface area contributed by atoms with Gasteiger partial charge in [-0.25, -0.2) is 0 Å². The molecule has 1 aliphatic rings. The molecule has 1 heterocycles. The van der Waals surface area contributed by atoms with Gasteiger partial charge in [0.1, 0.15) is 0 Å². The molecule has 1 fully saturated rings. The van der Waals surface area contributed by atoms with Crippen molar-refractivity contribution in [2.75, 3.05) is 19.7 Å². The third kappa shape index (κ3) is 2.86. The third-order valence-corrected chi connectivity index (χ3v) is 3.73. The van der Waals surface area contributed by atoms with Gasteiger partial charge in [0.25, 0.3) is 0 Å². The summed E-state index contributed by atoms with van der Waals surface area (Å²) in [5.74, 6) is -0.789. The first kappa shape index (κ1) is 14.3. The summed E-state index contributed by atoms with van der Waals surface area (Å²) in [5, 5.41) is 3.33. The van der Waals surface area contributed by atoms with Crippen molar-refractivity contribution in [2.45, 2.75) is 18.8 Å². The molecule has 1 N–H and O–H groups in total. The van der Waals surface area contributed by atoms with Crippen LogP contribution in [0.25, 0.3) is 0 Å². The van der Waals surface area contributed by atoms with Gasteiger partial charge in [0.05, 0.1) is 12.7 Å². The van der Waals surface area contributed by atoms with Crippen LogP contribution in [-0.4, -0.2) is 25.8 Å². The molecule has 110 valence electrons. The quantitative estimate of drug-likeness (QED) is 0.915. The standard InChI is InChI=1S/C18H21NO2/c1-2-19-13-17-14-20-18(21-17,15-9-5-3-6-10-15)16-11-7-4-8-12-16/h3-12,17,19H,2,13-14H2,1H3. The predicted molar refractivity (Wildman–Crippen MR) is 83.0 cm³/mol. The maximum absolute atomic E-state index is 6.34. The van der Waals surface area contributed by atoms with Crippen LogP contribution < -0.4 is 5.32 Å². The second kappa shape index (κ2) is 6.39. The van der Waals surface area contributed by atoms with Crippen LogP contribution in [0.2, 0.25) is 0 Å². The van der Waals surface area contributed by atoms with Gasteiger partial charge >= 0.3 is 0 Å². The van der Waals surface area contributed by atoms with Crippen molar-refractivity contribution in [3.8, 4) is 0 Å². The van der Waals surface area contributed by atoms with Gasteiger partial charge in [0.15, 0.2) is 0 Å². The summed E-state index contributed by atoms with van der Waals surface area (Å²) in [6.07, 6.45) is 0.0605. The highest BCUT2D eigenvalue weighted by atomic mass is 16.7. The summed E-state index contributed by atoms with van der Waals surface area (Å²) in [6.45, 7) is 4.43. The Morgan fingerprint density at radius 1 is 1.00 bits per heavy atom. The van der Waals surface area contributed by atoms with E-state index < -0.39 is 5.79 Å². The van der Waals surface area contributed by atoms with E-state index in [2.05, 4.69) is 36.5 Å². The molecule has 21 heavy (non-hydrogen) atoms. The van der Waals surface area contributed by atoms with Crippen molar-refractivity contribution in [3.63, 3.8) is 0 Å². The van der Waals surface area contributed by atoms with Crippen LogP contribution in [0.1, 0.15) is 18.1 Å². The van der Waals surface area contributed by atoms with Gasteiger partial charge in [-0.2, -0.15) is 0 Å². The Morgan fingerprint density at radius 3 is 2.10 bits per heavy atom. The number of hydrogen-bond acceptors (Lipinski definition) is 3. The van der Waals surface area contributed by atoms with Gasteiger partial charge in [0.2, 0.25) is 5.79 Å². The molecule has 1 atom stereocenters. The highest BCUT2D eigenvalue weighted by Gasteiger charge is 2.44. The van der Waals surface area contributed by atoms with Gasteiger partial charge in [-0.15, -0.1) is 0 Å². The van der Waals surface area contributed by atoms with Crippen LogP contribution in [-0.2, 0) is 15.3 Å². The van der Waals surface area contributed by atoms with Gasteiger partial charge in [0, 0.05) is 17.7 Å². The molecule has 0 aliphatic carbocycles. The van der Waals surface area contributed by atoms with Gasteiger partial charge in [-0.05, 0) is 6.54 Å². The fourth-order valence-electron chi connectivity index (χ4n) is 2.70. The minimum atomic E-state index is -0.789. The maximum atomic E-state index is 6.34. The van der Waals surface area contributed by atoms with E-state index in [1.165, 1.54) is 0 Å². The van der Waals surface area contributed by atoms with Crippen LogP contribution in [0.4, 0.5) is 0 Å². The average Bonchev–Trinajstić information content (AvgIpc) is 3.00. The molecule has 0 aromatic heterocycles. The number of rotatable bonds is 5. The highest BCUT2D eigenvalue weighted by molar-refractivity contribution is 5.34. The fourth-order valence-corrected chi connectivity index (χ4v) is 2.70. The van der Waals surface area contributed by atoms with Crippen LogP contribution in [0, 0.1) is 0 Å². The Morgan fingerprint density at radius 2 is 1.57 bits per heavy atom. The lowest BCUT2D eigenvalue weighted by molar-refractivity contribution is -0.142. The first-order valence-electron chi connectivity index (χ1n) is 7.48. The summed E-state index contributed by atoms with van der Waals surface area (Å²) in [7, 11) is 0. The Bertz CT molecular complexity index is 516. The van der Waals surface area contributed by atoms with E-state index in [9.17, 15) is 0 Å². The van der Waals surface area contributed by atoms with Crippen molar-refractivity contribution in [1.29, 1.82) is 0 Å². The second-order valence-electron chi connectivity index (χ2n) is 5.21. The van der Waals surface area contributed by atoms with Crippen LogP contribution >= 0.6 is 0 Å². The summed E-state index contributed by atoms with van der Waals surface area (Å²) >= 11 is 0. The van der Waals surface area contributed by atoms with E-state index in [0.717, 1.165) is 24.2 Å². The van der Waals surface area contributed by atoms with E-state index in [4.69, 9.17) is 9.47 Å². The van der Waals surface area contributed by atoms with Crippen molar-refractivity contribution in [2.24, 2.45) is 0 Å². The average molecular weight is 283 g/mol. The molecule has 1 unspecified atom stereocenters. The highest BCUT2D eigenvalue weighted by Crippen LogP contribution is 2.40. The topological polar surface area (TPSA) is 30.5 Å². The molecule has 0 amide bonds. The van der Waals surface area contributed by atoms with Gasteiger partial charge in [-0.3, -0.25) is 0 Å². The minimum absolute atomic E-state index is 0.0605. The van der Waals surface area contributed by atoms with Gasteiger partial charge in [-0.1, -0.05) is 67.6 Å². The Labute approximate surface area is 125 Å². The zero-order chi connectivity index (χ0) is 14.5. The first-order chi connectivity index (χ1) is 10.3. The van der Waals surface area contributed by atoms with E-state index in [1.54, 1.807) is 0 Å². The summed E-state index contributed by atoms with van der Waals surface area (Å²) in [5.41, 5.74) is 2.07. The molecular formula is C18H21NO2. The van der Waals surface area contributed by atoms with Crippen molar-refractivity contribution in [1.82, 2.24) is 5.32 Å². The van der Waals surface area contributed by atoms with Crippen molar-refractivity contribution < 1.29 is 9.47 Å². The molecule has 3 heteroatoms. The van der Waals surface area contributed by atoms with Crippen molar-refractivity contribution >= 4 is 0 Å². The molecule has 0 saturated carbocycles. The number of hydrogen-bond donors (Lipinski definition) is 1. The zero-order valence-corrected chi connectivity index (χ0v) is 12.3. The number of likely N-dealkylation sites (N-methyl/N-ethyl adjacent to an activating group) is 1. The van der Waals surface area contributed by atoms with E-state index in [1.807, 2.05) is 36.4 Å². The number of nitrogens with one attached hydrogen (secondary N) is 1. The lowest BCUT2D eigenvalue weighted by Crippen LogP contribution is -2.33. The summed E-state index contributed by atoms with van der Waals surface area (Å²) in [4.78, 5) is 0. The third-order valence-electron chi connectivity index (χ3n) is 3.73.